The standard InChI is InChI=1S/C30H40N2O6/c33-21-22-12-14-23(15-13-22)27-19-26(20-32-16-5-2-6-17-32)37-30(38-27)24-8-7-9-25(18-24)31-28(34)10-3-1-4-11-29(35)36/h7-9,12-15,18,26-27,30,33H,1-6,10-11,16-17,19-21H2,(H,31,34)(H,35,36)/t26-,27+,30+/m1/s1. The van der Waals surface area contributed by atoms with Crippen LogP contribution in [0.4, 0.5) is 5.69 Å². The minimum Gasteiger partial charge on any atom is -0.481 e. The highest BCUT2D eigenvalue weighted by Gasteiger charge is 2.33. The Balaban J connectivity index is 1.41. The number of likely N-dealkylation sites (tertiary alicyclic amines) is 1. The van der Waals surface area contributed by atoms with E-state index in [-0.39, 0.29) is 31.1 Å². The number of aliphatic hydroxyl groups is 1. The van der Waals surface area contributed by atoms with Crippen molar-refractivity contribution in [2.24, 2.45) is 0 Å². The number of nitrogens with one attached hydrogen (secondary N) is 1. The molecule has 38 heavy (non-hydrogen) atoms. The van der Waals surface area contributed by atoms with Gasteiger partial charge in [0.1, 0.15) is 0 Å². The smallest absolute Gasteiger partial charge is 0.303 e. The van der Waals surface area contributed by atoms with Crippen LogP contribution in [0.2, 0.25) is 0 Å². The number of aliphatic hydroxyl groups excluding tert-OH is 1. The van der Waals surface area contributed by atoms with Crippen molar-refractivity contribution in [1.29, 1.82) is 0 Å². The third-order valence-electron chi connectivity index (χ3n) is 7.26. The van der Waals surface area contributed by atoms with Crippen LogP contribution in [0.5, 0.6) is 0 Å². The zero-order chi connectivity index (χ0) is 26.7. The summed E-state index contributed by atoms with van der Waals surface area (Å²) in [5, 5.41) is 21.1. The summed E-state index contributed by atoms with van der Waals surface area (Å²) in [5.41, 5.74) is 3.47. The largest absolute Gasteiger partial charge is 0.481 e. The molecule has 0 spiro atoms. The number of hydrogen-bond acceptors (Lipinski definition) is 6. The minimum absolute atomic E-state index is 0.00989. The molecule has 0 saturated carbocycles. The molecule has 1 amide bonds. The number of nitrogens with zero attached hydrogens (tertiary/aromatic N) is 1. The number of benzene rings is 2. The van der Waals surface area contributed by atoms with Crippen LogP contribution < -0.4 is 5.32 Å². The Morgan fingerprint density at radius 3 is 2.42 bits per heavy atom. The molecule has 0 bridgehead atoms. The molecule has 3 atom stereocenters. The van der Waals surface area contributed by atoms with Gasteiger partial charge in [-0.25, -0.2) is 0 Å². The number of hydrogen-bond donors (Lipinski definition) is 3. The van der Waals surface area contributed by atoms with E-state index in [9.17, 15) is 14.7 Å². The van der Waals surface area contributed by atoms with Crippen molar-refractivity contribution in [2.75, 3.05) is 25.0 Å². The van der Waals surface area contributed by atoms with Crippen molar-refractivity contribution in [3.8, 4) is 0 Å². The van der Waals surface area contributed by atoms with Gasteiger partial charge in [0.25, 0.3) is 0 Å². The molecule has 2 fully saturated rings. The van der Waals surface area contributed by atoms with Crippen molar-refractivity contribution in [3.63, 3.8) is 0 Å². The molecule has 2 saturated heterocycles. The number of anilines is 1. The van der Waals surface area contributed by atoms with Gasteiger partial charge in [-0.15, -0.1) is 0 Å². The van der Waals surface area contributed by atoms with E-state index in [1.54, 1.807) is 0 Å². The zero-order valence-corrected chi connectivity index (χ0v) is 22.0. The normalized spacial score (nSPS) is 22.2. The number of rotatable bonds is 12. The fraction of sp³-hybridized carbons (Fsp3) is 0.533. The highest BCUT2D eigenvalue weighted by atomic mass is 16.7. The molecule has 206 valence electrons. The minimum atomic E-state index is -0.805. The first kappa shape index (κ1) is 28.2. The van der Waals surface area contributed by atoms with Gasteiger partial charge in [0, 0.05) is 37.1 Å². The van der Waals surface area contributed by atoms with E-state index in [2.05, 4.69) is 10.2 Å². The molecule has 3 N–H and O–H groups in total. The summed E-state index contributed by atoms with van der Waals surface area (Å²) in [4.78, 5) is 25.6. The van der Waals surface area contributed by atoms with Gasteiger partial charge in [0.2, 0.25) is 5.91 Å². The molecule has 4 rings (SSSR count). The van der Waals surface area contributed by atoms with Gasteiger partial charge in [0.05, 0.1) is 18.8 Å². The second-order valence-corrected chi connectivity index (χ2v) is 10.3. The molecular weight excluding hydrogens is 484 g/mol. The Hall–Kier alpha value is -2.78. The maximum atomic E-state index is 12.4. The third kappa shape index (κ3) is 8.63. The first-order valence-electron chi connectivity index (χ1n) is 13.8. The Morgan fingerprint density at radius 2 is 1.68 bits per heavy atom. The number of amides is 1. The average molecular weight is 525 g/mol. The highest BCUT2D eigenvalue weighted by molar-refractivity contribution is 5.90. The molecule has 0 aromatic heterocycles. The summed E-state index contributed by atoms with van der Waals surface area (Å²) in [7, 11) is 0. The number of carboxylic acid groups (broad SMARTS) is 1. The lowest BCUT2D eigenvalue weighted by atomic mass is 9.99. The van der Waals surface area contributed by atoms with Crippen molar-refractivity contribution >= 4 is 17.6 Å². The maximum Gasteiger partial charge on any atom is 0.303 e. The molecule has 0 aliphatic carbocycles. The number of aliphatic carboxylic acids is 1. The van der Waals surface area contributed by atoms with Crippen molar-refractivity contribution < 1.29 is 29.3 Å². The summed E-state index contributed by atoms with van der Waals surface area (Å²) in [6.07, 6.45) is 6.23. The summed E-state index contributed by atoms with van der Waals surface area (Å²) in [6, 6.07) is 15.5. The zero-order valence-electron chi connectivity index (χ0n) is 22.0. The van der Waals surface area contributed by atoms with E-state index in [0.29, 0.717) is 31.4 Å². The number of carbonyl (C=O) groups excluding carboxylic acids is 1. The van der Waals surface area contributed by atoms with Crippen LogP contribution in [-0.2, 0) is 25.7 Å². The Kier molecular flexibility index (Phi) is 10.7. The van der Waals surface area contributed by atoms with Crippen LogP contribution in [0.15, 0.2) is 48.5 Å². The van der Waals surface area contributed by atoms with Crippen molar-refractivity contribution in [2.45, 2.75) is 82.9 Å². The third-order valence-corrected chi connectivity index (χ3v) is 7.26. The SMILES string of the molecule is O=C(O)CCCCCC(=O)Nc1cccc([C@H]2O[C@@H](CN3CCCCC3)C[C@@H](c3ccc(CO)cc3)O2)c1. The first-order chi connectivity index (χ1) is 18.5. The summed E-state index contributed by atoms with van der Waals surface area (Å²) < 4.78 is 12.9. The van der Waals surface area contributed by atoms with E-state index < -0.39 is 12.3 Å². The van der Waals surface area contributed by atoms with Crippen molar-refractivity contribution in [3.05, 3.63) is 65.2 Å². The van der Waals surface area contributed by atoms with E-state index in [1.165, 1.54) is 19.3 Å². The molecule has 8 nitrogen and oxygen atoms in total. The quantitative estimate of drug-likeness (QED) is 0.328. The van der Waals surface area contributed by atoms with Gasteiger partial charge in [0.15, 0.2) is 6.29 Å². The second-order valence-electron chi connectivity index (χ2n) is 10.3. The molecule has 0 unspecified atom stereocenters. The molecule has 2 aromatic carbocycles. The number of piperidine rings is 1. The van der Waals surface area contributed by atoms with Crippen molar-refractivity contribution in [1.82, 2.24) is 4.90 Å². The molecule has 2 aliphatic rings. The summed E-state index contributed by atoms with van der Waals surface area (Å²) >= 11 is 0. The maximum absolute atomic E-state index is 12.4. The summed E-state index contributed by atoms with van der Waals surface area (Å²) in [6.45, 7) is 3.07. The van der Waals surface area contributed by atoms with Crippen LogP contribution >= 0.6 is 0 Å². The number of ether oxygens (including phenoxy) is 2. The Bertz CT molecular complexity index is 1040. The lowest BCUT2D eigenvalue weighted by Gasteiger charge is -2.39. The topological polar surface area (TPSA) is 108 Å². The van der Waals surface area contributed by atoms with Gasteiger partial charge < -0.3 is 29.9 Å². The number of unbranched alkanes of at least 4 members (excludes halogenated alkanes) is 2. The average Bonchev–Trinajstić information content (AvgIpc) is 2.93. The predicted octanol–water partition coefficient (Wildman–Crippen LogP) is 5.18. The van der Waals surface area contributed by atoms with Gasteiger partial charge in [-0.05, 0) is 62.0 Å². The molecule has 8 heteroatoms. The van der Waals surface area contributed by atoms with Crippen LogP contribution in [0.25, 0.3) is 0 Å². The van der Waals surface area contributed by atoms with E-state index in [1.807, 2.05) is 48.5 Å². The van der Waals surface area contributed by atoms with E-state index >= 15 is 0 Å². The van der Waals surface area contributed by atoms with Gasteiger partial charge in [-0.3, -0.25) is 9.59 Å². The fourth-order valence-electron chi connectivity index (χ4n) is 5.19. The predicted molar refractivity (Wildman–Crippen MR) is 145 cm³/mol. The van der Waals surface area contributed by atoms with Gasteiger partial charge in [-0.2, -0.15) is 0 Å². The molecule has 2 aromatic rings. The van der Waals surface area contributed by atoms with Crippen LogP contribution in [-0.4, -0.2) is 52.7 Å². The van der Waals surface area contributed by atoms with E-state index in [0.717, 1.165) is 42.7 Å². The lowest BCUT2D eigenvalue weighted by molar-refractivity contribution is -0.253. The van der Waals surface area contributed by atoms with Crippen LogP contribution in [0.1, 0.15) is 86.9 Å². The van der Waals surface area contributed by atoms with Gasteiger partial charge >= 0.3 is 5.97 Å². The monoisotopic (exact) mass is 524 g/mol. The first-order valence-corrected chi connectivity index (χ1v) is 13.8. The van der Waals surface area contributed by atoms with Gasteiger partial charge in [-0.1, -0.05) is 49.2 Å². The van der Waals surface area contributed by atoms with Crippen LogP contribution in [0.3, 0.4) is 0 Å². The molecule has 2 heterocycles. The lowest BCUT2D eigenvalue weighted by Crippen LogP contribution is -2.41. The number of carboxylic acids is 1. The Labute approximate surface area is 224 Å². The fourth-order valence-corrected chi connectivity index (χ4v) is 5.19. The molecule has 0 radical (unpaired) electrons. The summed E-state index contributed by atoms with van der Waals surface area (Å²) in [5.74, 6) is -0.895. The second kappa shape index (κ2) is 14.4. The number of carbonyl (C=O) groups is 2. The van der Waals surface area contributed by atoms with E-state index in [4.69, 9.17) is 14.6 Å². The van der Waals surface area contributed by atoms with Crippen LogP contribution in [0, 0.1) is 0 Å². The Morgan fingerprint density at radius 1 is 0.921 bits per heavy atom. The molecule has 2 aliphatic heterocycles. The molecular formula is C30H40N2O6. The highest BCUT2D eigenvalue weighted by Crippen LogP contribution is 2.38.